The van der Waals surface area contributed by atoms with Crippen LogP contribution >= 0.6 is 11.3 Å². The molecule has 0 saturated heterocycles. The zero-order chi connectivity index (χ0) is 11.7. The Balaban J connectivity index is 1.74. The zero-order valence-electron chi connectivity index (χ0n) is 9.73. The lowest BCUT2D eigenvalue weighted by molar-refractivity contribution is 0.715. The van der Waals surface area contributed by atoms with Crippen molar-refractivity contribution in [3.63, 3.8) is 0 Å². The van der Waals surface area contributed by atoms with Gasteiger partial charge in [0.05, 0.1) is 10.7 Å². The SMILES string of the molecule is NC(Cc1nc2c(s1)CCC2)c1ccccc1. The fourth-order valence-corrected chi connectivity index (χ4v) is 3.55. The van der Waals surface area contributed by atoms with Crippen LogP contribution in [0.1, 0.15) is 33.6 Å². The monoisotopic (exact) mass is 244 g/mol. The van der Waals surface area contributed by atoms with Crippen molar-refractivity contribution >= 4 is 11.3 Å². The minimum atomic E-state index is 0.0717. The van der Waals surface area contributed by atoms with E-state index < -0.39 is 0 Å². The predicted octanol–water partition coefficient (Wildman–Crippen LogP) is 2.87. The van der Waals surface area contributed by atoms with Gasteiger partial charge in [-0.2, -0.15) is 0 Å². The predicted molar refractivity (Wildman–Crippen MR) is 71.2 cm³/mol. The number of hydrogen-bond acceptors (Lipinski definition) is 3. The summed E-state index contributed by atoms with van der Waals surface area (Å²) in [6.45, 7) is 0. The van der Waals surface area contributed by atoms with Crippen LogP contribution < -0.4 is 5.73 Å². The molecule has 1 aromatic carbocycles. The number of thiazole rings is 1. The molecule has 1 heterocycles. The highest BCUT2D eigenvalue weighted by molar-refractivity contribution is 7.11. The molecule has 17 heavy (non-hydrogen) atoms. The van der Waals surface area contributed by atoms with Crippen LogP contribution in [0.5, 0.6) is 0 Å². The van der Waals surface area contributed by atoms with Gasteiger partial charge in [-0.05, 0) is 24.8 Å². The van der Waals surface area contributed by atoms with Crippen molar-refractivity contribution < 1.29 is 0 Å². The molecule has 0 spiro atoms. The van der Waals surface area contributed by atoms with Crippen molar-refractivity contribution in [1.82, 2.24) is 4.98 Å². The third-order valence-corrected chi connectivity index (χ3v) is 4.44. The number of nitrogens with two attached hydrogens (primary N) is 1. The number of aryl methyl sites for hydroxylation is 2. The van der Waals surface area contributed by atoms with Crippen molar-refractivity contribution in [2.45, 2.75) is 31.7 Å². The molecule has 3 heteroatoms. The van der Waals surface area contributed by atoms with E-state index in [9.17, 15) is 0 Å². The Kier molecular flexibility index (Phi) is 2.95. The van der Waals surface area contributed by atoms with E-state index in [4.69, 9.17) is 10.7 Å². The first-order valence-corrected chi connectivity index (χ1v) is 6.92. The summed E-state index contributed by atoms with van der Waals surface area (Å²) in [5.41, 5.74) is 8.73. The average molecular weight is 244 g/mol. The first-order chi connectivity index (χ1) is 8.33. The molecular formula is C14H16N2S. The van der Waals surface area contributed by atoms with E-state index in [1.807, 2.05) is 29.5 Å². The van der Waals surface area contributed by atoms with E-state index in [-0.39, 0.29) is 6.04 Å². The molecule has 0 amide bonds. The number of rotatable bonds is 3. The molecule has 2 N–H and O–H groups in total. The van der Waals surface area contributed by atoms with Crippen LogP contribution in [0, 0.1) is 0 Å². The minimum absolute atomic E-state index is 0.0717. The summed E-state index contributed by atoms with van der Waals surface area (Å²) in [7, 11) is 0. The summed E-state index contributed by atoms with van der Waals surface area (Å²) in [5, 5.41) is 1.20. The fraction of sp³-hybridized carbons (Fsp3) is 0.357. The Morgan fingerprint density at radius 3 is 2.82 bits per heavy atom. The number of nitrogens with zero attached hydrogens (tertiary/aromatic N) is 1. The summed E-state index contributed by atoms with van der Waals surface area (Å²) >= 11 is 1.85. The summed E-state index contributed by atoms with van der Waals surface area (Å²) in [5.74, 6) is 0. The van der Waals surface area contributed by atoms with E-state index in [2.05, 4.69) is 12.1 Å². The minimum Gasteiger partial charge on any atom is -0.324 e. The fourth-order valence-electron chi connectivity index (χ4n) is 2.34. The van der Waals surface area contributed by atoms with Gasteiger partial charge >= 0.3 is 0 Å². The van der Waals surface area contributed by atoms with Gasteiger partial charge < -0.3 is 5.73 Å². The van der Waals surface area contributed by atoms with Crippen molar-refractivity contribution in [3.8, 4) is 0 Å². The molecule has 1 unspecified atom stereocenters. The maximum Gasteiger partial charge on any atom is 0.0950 e. The molecule has 0 radical (unpaired) electrons. The molecule has 1 aliphatic carbocycles. The van der Waals surface area contributed by atoms with Gasteiger partial charge in [0.15, 0.2) is 0 Å². The Morgan fingerprint density at radius 2 is 2.06 bits per heavy atom. The van der Waals surface area contributed by atoms with Crippen LogP contribution in [0.2, 0.25) is 0 Å². The molecule has 0 fully saturated rings. The van der Waals surface area contributed by atoms with Crippen LogP contribution in [0.25, 0.3) is 0 Å². The van der Waals surface area contributed by atoms with E-state index in [1.165, 1.54) is 34.0 Å². The van der Waals surface area contributed by atoms with E-state index in [0.29, 0.717) is 0 Å². The largest absolute Gasteiger partial charge is 0.324 e. The van der Waals surface area contributed by atoms with Crippen molar-refractivity contribution in [2.75, 3.05) is 0 Å². The zero-order valence-corrected chi connectivity index (χ0v) is 10.5. The maximum atomic E-state index is 6.21. The van der Waals surface area contributed by atoms with Gasteiger partial charge in [-0.1, -0.05) is 30.3 Å². The van der Waals surface area contributed by atoms with Gasteiger partial charge in [-0.15, -0.1) is 11.3 Å². The lowest BCUT2D eigenvalue weighted by Gasteiger charge is -2.09. The van der Waals surface area contributed by atoms with Crippen LogP contribution in [0.3, 0.4) is 0 Å². The second kappa shape index (κ2) is 4.59. The van der Waals surface area contributed by atoms with Crippen LogP contribution in [0.4, 0.5) is 0 Å². The lowest BCUT2D eigenvalue weighted by atomic mass is 10.1. The highest BCUT2D eigenvalue weighted by atomic mass is 32.1. The third-order valence-electron chi connectivity index (χ3n) is 3.26. The number of aromatic nitrogens is 1. The van der Waals surface area contributed by atoms with E-state index in [1.54, 1.807) is 0 Å². The topological polar surface area (TPSA) is 38.9 Å². The molecule has 1 atom stereocenters. The van der Waals surface area contributed by atoms with Crippen molar-refractivity contribution in [1.29, 1.82) is 0 Å². The number of fused-ring (bicyclic) bond motifs is 1. The first kappa shape index (κ1) is 10.9. The summed E-state index contributed by atoms with van der Waals surface area (Å²) < 4.78 is 0. The lowest BCUT2D eigenvalue weighted by Crippen LogP contribution is -2.13. The molecule has 0 bridgehead atoms. The number of hydrogen-bond donors (Lipinski definition) is 1. The average Bonchev–Trinajstić information content (AvgIpc) is 2.90. The van der Waals surface area contributed by atoms with Crippen LogP contribution in [0.15, 0.2) is 30.3 Å². The summed E-state index contributed by atoms with van der Waals surface area (Å²) in [6.07, 6.45) is 4.51. The molecule has 88 valence electrons. The molecule has 0 saturated carbocycles. The quantitative estimate of drug-likeness (QED) is 0.901. The first-order valence-electron chi connectivity index (χ1n) is 6.11. The van der Waals surface area contributed by atoms with E-state index >= 15 is 0 Å². The van der Waals surface area contributed by atoms with Crippen molar-refractivity contribution in [3.05, 3.63) is 51.5 Å². The maximum absolute atomic E-state index is 6.21. The van der Waals surface area contributed by atoms with Crippen LogP contribution in [-0.4, -0.2) is 4.98 Å². The molecule has 3 rings (SSSR count). The van der Waals surface area contributed by atoms with Gasteiger partial charge in [-0.25, -0.2) is 4.98 Å². The van der Waals surface area contributed by atoms with Gasteiger partial charge in [0.2, 0.25) is 0 Å². The number of benzene rings is 1. The van der Waals surface area contributed by atoms with Gasteiger partial charge in [0.1, 0.15) is 0 Å². The van der Waals surface area contributed by atoms with Gasteiger partial charge in [-0.3, -0.25) is 0 Å². The molecule has 2 nitrogen and oxygen atoms in total. The smallest absolute Gasteiger partial charge is 0.0950 e. The highest BCUT2D eigenvalue weighted by Gasteiger charge is 2.18. The molecule has 2 aromatic rings. The second-order valence-corrected chi connectivity index (χ2v) is 5.72. The highest BCUT2D eigenvalue weighted by Crippen LogP contribution is 2.29. The summed E-state index contributed by atoms with van der Waals surface area (Å²) in [6, 6.07) is 10.3. The molecular weight excluding hydrogens is 228 g/mol. The molecule has 1 aliphatic rings. The van der Waals surface area contributed by atoms with Crippen LogP contribution in [-0.2, 0) is 19.3 Å². The summed E-state index contributed by atoms with van der Waals surface area (Å²) in [4.78, 5) is 6.18. The van der Waals surface area contributed by atoms with Gasteiger partial charge in [0.25, 0.3) is 0 Å². The molecule has 0 aliphatic heterocycles. The molecule has 1 aromatic heterocycles. The van der Waals surface area contributed by atoms with E-state index in [0.717, 1.165) is 12.8 Å². The Bertz CT molecular complexity index is 483. The Labute approximate surface area is 106 Å². The normalized spacial score (nSPS) is 15.8. The standard InChI is InChI=1S/C14H16N2S/c15-11(10-5-2-1-3-6-10)9-14-16-12-7-4-8-13(12)17-14/h1-3,5-6,11H,4,7-9,15H2. The van der Waals surface area contributed by atoms with Gasteiger partial charge in [0, 0.05) is 17.3 Å². The second-order valence-electron chi connectivity index (χ2n) is 4.55. The Morgan fingerprint density at radius 1 is 1.24 bits per heavy atom. The Hall–Kier alpha value is -1.19. The third kappa shape index (κ3) is 2.26. The van der Waals surface area contributed by atoms with Crippen molar-refractivity contribution in [2.24, 2.45) is 5.73 Å².